The van der Waals surface area contributed by atoms with E-state index in [-0.39, 0.29) is 17.7 Å². The summed E-state index contributed by atoms with van der Waals surface area (Å²) in [5.74, 6) is -4.76. The van der Waals surface area contributed by atoms with Crippen LogP contribution in [0.4, 0.5) is 13.2 Å². The van der Waals surface area contributed by atoms with E-state index in [4.69, 9.17) is 9.84 Å². The first-order chi connectivity index (χ1) is 8.56. The quantitative estimate of drug-likeness (QED) is 0.906. The Morgan fingerprint density at radius 1 is 1.11 bits per heavy atom. The normalized spacial score (nSPS) is 10.9. The molecule has 0 heterocycles. The monoisotopic (exact) mass is 256 g/mol. The van der Waals surface area contributed by atoms with Crippen LogP contribution >= 0.6 is 0 Å². The largest absolute Gasteiger partial charge is 0.505 e. The van der Waals surface area contributed by atoms with E-state index in [2.05, 4.69) is 0 Å². The summed E-state index contributed by atoms with van der Waals surface area (Å²) in [5, 5.41) is 8.71. The zero-order valence-electron chi connectivity index (χ0n) is 9.64. The average Bonchev–Trinajstić information content (AvgIpc) is 2.36. The summed E-state index contributed by atoms with van der Waals surface area (Å²) in [7, 11) is 0. The lowest BCUT2D eigenvalue weighted by molar-refractivity contribution is 0.296. The van der Waals surface area contributed by atoms with Crippen LogP contribution in [0.2, 0.25) is 0 Å². The molecule has 0 unspecified atom stereocenters. The van der Waals surface area contributed by atoms with Crippen LogP contribution in [0.15, 0.2) is 18.2 Å². The minimum absolute atomic E-state index is 0.135. The molecule has 0 saturated heterocycles. The van der Waals surface area contributed by atoms with Crippen LogP contribution < -0.4 is 4.74 Å². The molecule has 2 rings (SSSR count). The van der Waals surface area contributed by atoms with Gasteiger partial charge < -0.3 is 9.84 Å². The van der Waals surface area contributed by atoms with Crippen LogP contribution in [0.25, 0.3) is 10.8 Å². The van der Waals surface area contributed by atoms with Crippen molar-refractivity contribution in [3.63, 3.8) is 0 Å². The molecule has 0 atom stereocenters. The molecule has 2 nitrogen and oxygen atoms in total. The van der Waals surface area contributed by atoms with E-state index in [1.807, 2.05) is 6.92 Å². The Morgan fingerprint density at radius 3 is 2.50 bits per heavy atom. The number of aromatic hydroxyl groups is 1. The molecule has 0 aliphatic rings. The van der Waals surface area contributed by atoms with Crippen LogP contribution in [0.3, 0.4) is 0 Å². The number of fused-ring (bicyclic) bond motifs is 1. The van der Waals surface area contributed by atoms with Crippen molar-refractivity contribution >= 4 is 10.8 Å². The van der Waals surface area contributed by atoms with Gasteiger partial charge in [-0.05, 0) is 23.9 Å². The molecule has 0 saturated carbocycles. The van der Waals surface area contributed by atoms with Gasteiger partial charge in [-0.3, -0.25) is 0 Å². The van der Waals surface area contributed by atoms with Crippen LogP contribution in [-0.2, 0) is 0 Å². The van der Waals surface area contributed by atoms with Crippen molar-refractivity contribution in [2.45, 2.75) is 13.3 Å². The first kappa shape index (κ1) is 12.5. The number of phenolic OH excluding ortho intramolecular Hbond substituents is 1. The van der Waals surface area contributed by atoms with Gasteiger partial charge in [0.2, 0.25) is 5.82 Å². The Morgan fingerprint density at radius 2 is 1.83 bits per heavy atom. The van der Waals surface area contributed by atoms with Crippen LogP contribution in [0.1, 0.15) is 13.3 Å². The van der Waals surface area contributed by atoms with Gasteiger partial charge in [0.15, 0.2) is 23.1 Å². The molecule has 1 N–H and O–H groups in total. The summed E-state index contributed by atoms with van der Waals surface area (Å²) in [6.07, 6.45) is 0.642. The van der Waals surface area contributed by atoms with Crippen molar-refractivity contribution in [1.82, 2.24) is 0 Å². The van der Waals surface area contributed by atoms with Crippen LogP contribution in [-0.4, -0.2) is 11.7 Å². The van der Waals surface area contributed by atoms with E-state index in [1.54, 1.807) is 0 Å². The topological polar surface area (TPSA) is 29.5 Å². The third-order valence-corrected chi connectivity index (χ3v) is 2.53. The Labute approximate surface area is 102 Å². The highest BCUT2D eigenvalue weighted by Gasteiger charge is 2.19. The smallest absolute Gasteiger partial charge is 0.201 e. The molecule has 0 spiro atoms. The lowest BCUT2D eigenvalue weighted by atomic mass is 10.1. The molecule has 2 aromatic carbocycles. The number of benzene rings is 2. The van der Waals surface area contributed by atoms with E-state index in [1.165, 1.54) is 12.1 Å². The molecule has 18 heavy (non-hydrogen) atoms. The summed E-state index contributed by atoms with van der Waals surface area (Å²) in [6, 6.07) is 3.60. The number of rotatable bonds is 3. The highest BCUT2D eigenvalue weighted by atomic mass is 19.2. The fourth-order valence-electron chi connectivity index (χ4n) is 1.66. The predicted molar refractivity (Wildman–Crippen MR) is 61.3 cm³/mol. The number of hydrogen-bond acceptors (Lipinski definition) is 2. The molecule has 0 aliphatic carbocycles. The van der Waals surface area contributed by atoms with Gasteiger partial charge in [0.25, 0.3) is 0 Å². The fraction of sp³-hybridized carbons (Fsp3) is 0.231. The second kappa shape index (κ2) is 4.76. The van der Waals surface area contributed by atoms with Crippen molar-refractivity contribution in [3.8, 4) is 11.5 Å². The second-order valence-corrected chi connectivity index (χ2v) is 3.85. The molecular formula is C13H11F3O2. The molecule has 0 radical (unpaired) electrons. The van der Waals surface area contributed by atoms with Gasteiger partial charge in [-0.2, -0.15) is 4.39 Å². The van der Waals surface area contributed by atoms with Gasteiger partial charge in [-0.1, -0.05) is 13.0 Å². The Bertz CT molecular complexity index is 597. The maximum atomic E-state index is 13.7. The lowest BCUT2D eigenvalue weighted by Crippen LogP contribution is -2.00. The minimum atomic E-state index is -1.35. The summed E-state index contributed by atoms with van der Waals surface area (Å²) in [4.78, 5) is 0. The molecule has 96 valence electrons. The van der Waals surface area contributed by atoms with E-state index < -0.39 is 28.6 Å². The fourth-order valence-corrected chi connectivity index (χ4v) is 1.66. The van der Waals surface area contributed by atoms with E-state index in [0.29, 0.717) is 6.42 Å². The Kier molecular flexibility index (Phi) is 3.32. The van der Waals surface area contributed by atoms with Crippen LogP contribution in [0.5, 0.6) is 11.5 Å². The third kappa shape index (κ3) is 1.96. The number of hydrogen-bond donors (Lipinski definition) is 1. The third-order valence-electron chi connectivity index (χ3n) is 2.53. The standard InChI is InChI=1S/C13H11F3O2/c1-2-5-18-9-6-7-3-4-8(17)11(14)10(7)13(16)12(9)15/h3-4,6,17H,2,5H2,1H3. The first-order valence-corrected chi connectivity index (χ1v) is 5.48. The Balaban J connectivity index is 2.67. The first-order valence-electron chi connectivity index (χ1n) is 5.48. The highest BCUT2D eigenvalue weighted by Crippen LogP contribution is 2.33. The van der Waals surface area contributed by atoms with E-state index >= 15 is 0 Å². The zero-order valence-corrected chi connectivity index (χ0v) is 9.64. The lowest BCUT2D eigenvalue weighted by Gasteiger charge is -2.10. The van der Waals surface area contributed by atoms with Crippen molar-refractivity contribution in [2.24, 2.45) is 0 Å². The molecule has 0 aromatic heterocycles. The molecule has 0 amide bonds. The molecule has 0 aliphatic heterocycles. The summed E-state index contributed by atoms with van der Waals surface area (Å²) < 4.78 is 45.9. The van der Waals surface area contributed by atoms with Gasteiger partial charge in [0.1, 0.15) is 0 Å². The van der Waals surface area contributed by atoms with Gasteiger partial charge >= 0.3 is 0 Å². The number of halogens is 3. The van der Waals surface area contributed by atoms with Gasteiger partial charge in [0.05, 0.1) is 12.0 Å². The minimum Gasteiger partial charge on any atom is -0.505 e. The maximum Gasteiger partial charge on any atom is 0.201 e. The molecule has 0 fully saturated rings. The van der Waals surface area contributed by atoms with Crippen molar-refractivity contribution in [2.75, 3.05) is 6.61 Å². The number of ether oxygens (including phenoxy) is 1. The van der Waals surface area contributed by atoms with Gasteiger partial charge in [-0.25, -0.2) is 8.78 Å². The van der Waals surface area contributed by atoms with Gasteiger partial charge in [0, 0.05) is 0 Å². The molecule has 5 heteroatoms. The van der Waals surface area contributed by atoms with E-state index in [0.717, 1.165) is 6.07 Å². The van der Waals surface area contributed by atoms with Crippen molar-refractivity contribution in [3.05, 3.63) is 35.7 Å². The molecule has 0 bridgehead atoms. The average molecular weight is 256 g/mol. The van der Waals surface area contributed by atoms with Crippen LogP contribution in [0, 0.1) is 17.5 Å². The Hall–Kier alpha value is -1.91. The highest BCUT2D eigenvalue weighted by molar-refractivity contribution is 5.86. The summed E-state index contributed by atoms with van der Waals surface area (Å²) >= 11 is 0. The summed E-state index contributed by atoms with van der Waals surface area (Å²) in [5.41, 5.74) is 0. The van der Waals surface area contributed by atoms with Crippen molar-refractivity contribution < 1.29 is 23.0 Å². The number of phenols is 1. The van der Waals surface area contributed by atoms with E-state index in [9.17, 15) is 13.2 Å². The maximum absolute atomic E-state index is 13.7. The SMILES string of the molecule is CCCOc1cc2ccc(O)c(F)c2c(F)c1F. The molecular weight excluding hydrogens is 245 g/mol. The predicted octanol–water partition coefficient (Wildman–Crippen LogP) is 3.75. The molecule has 2 aromatic rings. The second-order valence-electron chi connectivity index (χ2n) is 3.85. The summed E-state index contributed by atoms with van der Waals surface area (Å²) in [6.45, 7) is 2.06. The van der Waals surface area contributed by atoms with Crippen molar-refractivity contribution in [1.29, 1.82) is 0 Å². The zero-order chi connectivity index (χ0) is 13.3. The van der Waals surface area contributed by atoms with Gasteiger partial charge in [-0.15, -0.1) is 0 Å².